The number of piperidine rings is 1. The van der Waals surface area contributed by atoms with Crippen molar-refractivity contribution in [2.45, 2.75) is 65.1 Å². The lowest BCUT2D eigenvalue weighted by Gasteiger charge is -2.32. The van der Waals surface area contributed by atoms with Crippen LogP contribution in [0, 0.1) is 0 Å². The number of nitrogens with zero attached hydrogens (tertiary/aromatic N) is 2. The highest BCUT2D eigenvalue weighted by molar-refractivity contribution is 7.09. The number of aromatic nitrogens is 1. The minimum Gasteiger partial charge on any atom is -0.311 e. The maximum atomic E-state index is 4.75. The summed E-state index contributed by atoms with van der Waals surface area (Å²) in [5.74, 6) is 0. The van der Waals surface area contributed by atoms with Gasteiger partial charge in [-0.25, -0.2) is 4.98 Å². The maximum Gasteiger partial charge on any atom is 0.107 e. The second-order valence-corrected chi connectivity index (χ2v) is 6.52. The van der Waals surface area contributed by atoms with Gasteiger partial charge in [0.1, 0.15) is 5.01 Å². The smallest absolute Gasteiger partial charge is 0.107 e. The van der Waals surface area contributed by atoms with Crippen LogP contribution < -0.4 is 5.32 Å². The fourth-order valence-corrected chi connectivity index (χ4v) is 3.41. The van der Waals surface area contributed by atoms with Gasteiger partial charge in [0, 0.05) is 18.0 Å². The highest BCUT2D eigenvalue weighted by Crippen LogP contribution is 2.20. The Labute approximate surface area is 121 Å². The van der Waals surface area contributed by atoms with Gasteiger partial charge in [-0.2, -0.15) is 0 Å². The van der Waals surface area contributed by atoms with Crippen LogP contribution in [0.3, 0.4) is 0 Å². The fourth-order valence-electron chi connectivity index (χ4n) is 2.59. The third kappa shape index (κ3) is 4.86. The predicted molar refractivity (Wildman–Crippen MR) is 82.5 cm³/mol. The molecule has 1 fully saturated rings. The van der Waals surface area contributed by atoms with E-state index in [9.17, 15) is 0 Å². The molecule has 1 atom stereocenters. The average molecular weight is 281 g/mol. The Kier molecular flexibility index (Phi) is 6.28. The molecular formula is C15H27N3S. The summed E-state index contributed by atoms with van der Waals surface area (Å²) in [6.45, 7) is 8.88. The second-order valence-electron chi connectivity index (χ2n) is 5.58. The average Bonchev–Trinajstić information content (AvgIpc) is 2.85. The summed E-state index contributed by atoms with van der Waals surface area (Å²) in [6.07, 6.45) is 6.59. The first-order valence-electron chi connectivity index (χ1n) is 7.67. The van der Waals surface area contributed by atoms with Crippen LogP contribution >= 0.6 is 11.3 Å². The zero-order chi connectivity index (χ0) is 13.5. The van der Waals surface area contributed by atoms with Crippen molar-refractivity contribution in [1.29, 1.82) is 0 Å². The van der Waals surface area contributed by atoms with Gasteiger partial charge in [-0.15, -0.1) is 11.3 Å². The van der Waals surface area contributed by atoms with Gasteiger partial charge >= 0.3 is 0 Å². The van der Waals surface area contributed by atoms with Crippen LogP contribution in [-0.4, -0.2) is 29.0 Å². The first kappa shape index (κ1) is 14.9. The van der Waals surface area contributed by atoms with Crippen LogP contribution in [0.4, 0.5) is 0 Å². The molecular weight excluding hydrogens is 254 g/mol. The highest BCUT2D eigenvalue weighted by Gasteiger charge is 2.19. The molecule has 3 nitrogen and oxygen atoms in total. The number of hydrogen-bond acceptors (Lipinski definition) is 4. The van der Waals surface area contributed by atoms with Crippen LogP contribution in [0.1, 0.15) is 56.7 Å². The van der Waals surface area contributed by atoms with Crippen molar-refractivity contribution in [2.75, 3.05) is 13.1 Å². The molecule has 0 bridgehead atoms. The molecule has 1 unspecified atom stereocenters. The van der Waals surface area contributed by atoms with Gasteiger partial charge in [-0.05, 0) is 39.3 Å². The van der Waals surface area contributed by atoms with Gasteiger partial charge in [0.2, 0.25) is 0 Å². The van der Waals surface area contributed by atoms with Crippen LogP contribution in [-0.2, 0) is 13.1 Å². The van der Waals surface area contributed by atoms with Gasteiger partial charge in [-0.3, -0.25) is 4.90 Å². The van der Waals surface area contributed by atoms with Crippen molar-refractivity contribution >= 4 is 11.3 Å². The summed E-state index contributed by atoms with van der Waals surface area (Å²) >= 11 is 1.82. The molecule has 19 heavy (non-hydrogen) atoms. The van der Waals surface area contributed by atoms with Crippen molar-refractivity contribution in [2.24, 2.45) is 0 Å². The molecule has 2 rings (SSSR count). The molecule has 0 aromatic carbocycles. The number of hydrogen-bond donors (Lipinski definition) is 1. The van der Waals surface area contributed by atoms with E-state index in [1.807, 2.05) is 11.3 Å². The Morgan fingerprint density at radius 3 is 3.16 bits per heavy atom. The summed E-state index contributed by atoms with van der Waals surface area (Å²) in [5.41, 5.74) is 1.21. The highest BCUT2D eigenvalue weighted by atomic mass is 32.1. The lowest BCUT2D eigenvalue weighted by molar-refractivity contribution is 0.152. The third-order valence-electron chi connectivity index (χ3n) is 3.89. The standard InChI is InChI=1S/C15H27N3S/c1-3-4-8-16-10-14-12-19-15(17-14)11-18-9-6-5-7-13(18)2/h12-13,16H,3-11H2,1-2H3. The molecule has 0 aliphatic carbocycles. The summed E-state index contributed by atoms with van der Waals surface area (Å²) in [4.78, 5) is 7.33. The van der Waals surface area contributed by atoms with Gasteiger partial charge in [0.05, 0.1) is 12.2 Å². The molecule has 1 saturated heterocycles. The number of rotatable bonds is 7. The quantitative estimate of drug-likeness (QED) is 0.776. The minimum absolute atomic E-state index is 0.726. The molecule has 1 aromatic heterocycles. The summed E-state index contributed by atoms with van der Waals surface area (Å²) < 4.78 is 0. The largest absolute Gasteiger partial charge is 0.311 e. The van der Waals surface area contributed by atoms with Gasteiger partial charge < -0.3 is 5.32 Å². The van der Waals surface area contributed by atoms with E-state index in [0.29, 0.717) is 0 Å². The molecule has 0 radical (unpaired) electrons. The predicted octanol–water partition coefficient (Wildman–Crippen LogP) is 3.41. The fraction of sp³-hybridized carbons (Fsp3) is 0.800. The number of unbranched alkanes of at least 4 members (excludes halogenated alkanes) is 1. The zero-order valence-electron chi connectivity index (χ0n) is 12.3. The van der Waals surface area contributed by atoms with Gasteiger partial charge in [0.25, 0.3) is 0 Å². The normalized spacial score (nSPS) is 20.8. The van der Waals surface area contributed by atoms with Crippen molar-refractivity contribution in [3.63, 3.8) is 0 Å². The zero-order valence-corrected chi connectivity index (χ0v) is 13.1. The SMILES string of the molecule is CCCCNCc1csc(CN2CCCCC2C)n1. The van der Waals surface area contributed by atoms with Crippen LogP contribution in [0.5, 0.6) is 0 Å². The van der Waals surface area contributed by atoms with Crippen LogP contribution in [0.2, 0.25) is 0 Å². The second kappa shape index (κ2) is 7.98. The molecule has 1 aromatic rings. The summed E-state index contributed by atoms with van der Waals surface area (Å²) in [7, 11) is 0. The Bertz CT molecular complexity index is 364. The lowest BCUT2D eigenvalue weighted by Crippen LogP contribution is -2.36. The third-order valence-corrected chi connectivity index (χ3v) is 4.77. The van der Waals surface area contributed by atoms with E-state index >= 15 is 0 Å². The Morgan fingerprint density at radius 1 is 1.47 bits per heavy atom. The topological polar surface area (TPSA) is 28.2 Å². The molecule has 4 heteroatoms. The Morgan fingerprint density at radius 2 is 2.37 bits per heavy atom. The van der Waals surface area contributed by atoms with Gasteiger partial charge in [-0.1, -0.05) is 19.8 Å². The lowest BCUT2D eigenvalue weighted by atomic mass is 10.0. The molecule has 108 valence electrons. The molecule has 0 amide bonds. The van der Waals surface area contributed by atoms with Crippen molar-refractivity contribution in [1.82, 2.24) is 15.2 Å². The number of thiazole rings is 1. The van der Waals surface area contributed by atoms with Crippen LogP contribution in [0.25, 0.3) is 0 Å². The monoisotopic (exact) mass is 281 g/mol. The number of nitrogens with one attached hydrogen (secondary N) is 1. The van der Waals surface area contributed by atoms with E-state index in [-0.39, 0.29) is 0 Å². The molecule has 0 saturated carbocycles. The van der Waals surface area contributed by atoms with Crippen molar-refractivity contribution < 1.29 is 0 Å². The molecule has 1 aliphatic heterocycles. The van der Waals surface area contributed by atoms with Gasteiger partial charge in [0.15, 0.2) is 0 Å². The summed E-state index contributed by atoms with van der Waals surface area (Å²) in [6, 6.07) is 0.726. The van der Waals surface area contributed by atoms with E-state index in [1.165, 1.54) is 49.4 Å². The molecule has 0 spiro atoms. The van der Waals surface area contributed by atoms with E-state index in [0.717, 1.165) is 25.7 Å². The molecule has 1 aliphatic rings. The van der Waals surface area contributed by atoms with E-state index in [1.54, 1.807) is 0 Å². The first-order valence-corrected chi connectivity index (χ1v) is 8.55. The van der Waals surface area contributed by atoms with E-state index in [4.69, 9.17) is 4.98 Å². The maximum absolute atomic E-state index is 4.75. The van der Waals surface area contributed by atoms with Crippen LogP contribution in [0.15, 0.2) is 5.38 Å². The van der Waals surface area contributed by atoms with Crippen molar-refractivity contribution in [3.8, 4) is 0 Å². The van der Waals surface area contributed by atoms with Crippen molar-refractivity contribution in [3.05, 3.63) is 16.1 Å². The first-order chi connectivity index (χ1) is 9.29. The van der Waals surface area contributed by atoms with E-state index < -0.39 is 0 Å². The molecule has 1 N–H and O–H groups in total. The number of likely N-dealkylation sites (tertiary alicyclic amines) is 1. The molecule has 2 heterocycles. The minimum atomic E-state index is 0.726. The Hall–Kier alpha value is -0.450. The Balaban J connectivity index is 1.76. The van der Waals surface area contributed by atoms with E-state index in [2.05, 4.69) is 29.4 Å². The summed E-state index contributed by atoms with van der Waals surface area (Å²) in [5, 5.41) is 6.95.